The third-order valence-corrected chi connectivity index (χ3v) is 4.35. The quantitative estimate of drug-likeness (QED) is 0.835. The summed E-state index contributed by atoms with van der Waals surface area (Å²) in [4.78, 5) is 11.5. The molecule has 0 saturated heterocycles. The summed E-state index contributed by atoms with van der Waals surface area (Å²) in [6, 6.07) is 16.0. The van der Waals surface area contributed by atoms with Crippen molar-refractivity contribution in [2.75, 3.05) is 10.5 Å². The Labute approximate surface area is 124 Å². The first-order valence-electron chi connectivity index (χ1n) is 6.62. The van der Waals surface area contributed by atoms with Gasteiger partial charge in [-0.2, -0.15) is 0 Å². The third-order valence-electron chi connectivity index (χ3n) is 3.07. The summed E-state index contributed by atoms with van der Waals surface area (Å²) < 4.78 is 26.7. The van der Waals surface area contributed by atoms with Crippen LogP contribution >= 0.6 is 0 Å². The molecular weight excluding hydrogens is 286 g/mol. The number of aryl methyl sites for hydroxylation is 1. The van der Waals surface area contributed by atoms with Gasteiger partial charge in [0.15, 0.2) is 5.78 Å². The van der Waals surface area contributed by atoms with Crippen molar-refractivity contribution >= 4 is 21.5 Å². The number of sulfonamides is 1. The van der Waals surface area contributed by atoms with Crippen LogP contribution in [0.25, 0.3) is 0 Å². The highest BCUT2D eigenvalue weighted by Crippen LogP contribution is 2.17. The molecule has 2 aromatic rings. The number of benzene rings is 2. The first kappa shape index (κ1) is 15.3. The van der Waals surface area contributed by atoms with Gasteiger partial charge in [-0.25, -0.2) is 8.42 Å². The lowest BCUT2D eigenvalue weighted by Crippen LogP contribution is -2.19. The first-order chi connectivity index (χ1) is 9.98. The van der Waals surface area contributed by atoms with Crippen LogP contribution in [0.3, 0.4) is 0 Å². The Morgan fingerprint density at radius 3 is 2.29 bits per heavy atom. The van der Waals surface area contributed by atoms with E-state index < -0.39 is 10.0 Å². The van der Waals surface area contributed by atoms with Gasteiger partial charge in [0.25, 0.3) is 0 Å². The van der Waals surface area contributed by atoms with Gasteiger partial charge in [0.1, 0.15) is 0 Å². The fourth-order valence-electron chi connectivity index (χ4n) is 1.99. The maximum Gasteiger partial charge on any atom is 0.233 e. The highest BCUT2D eigenvalue weighted by Gasteiger charge is 2.14. The number of nitrogens with one attached hydrogen (secondary N) is 1. The lowest BCUT2D eigenvalue weighted by Gasteiger charge is -2.11. The summed E-state index contributed by atoms with van der Waals surface area (Å²) in [7, 11) is -3.49. The standard InChI is InChI=1S/C16H17NO3S/c1-13(18)15-9-5-6-10-16(15)17-21(19,20)12-11-14-7-3-2-4-8-14/h2-10,17H,11-12H2,1H3. The summed E-state index contributed by atoms with van der Waals surface area (Å²) >= 11 is 0. The Kier molecular flexibility index (Phi) is 4.75. The molecular formula is C16H17NO3S. The number of carbonyl (C=O) groups is 1. The van der Waals surface area contributed by atoms with Gasteiger partial charge in [0.05, 0.1) is 11.4 Å². The van der Waals surface area contributed by atoms with Crippen molar-refractivity contribution in [2.45, 2.75) is 13.3 Å². The van der Waals surface area contributed by atoms with Crippen LogP contribution < -0.4 is 4.72 Å². The molecule has 0 aliphatic rings. The number of hydrogen-bond acceptors (Lipinski definition) is 3. The van der Waals surface area contributed by atoms with Crippen molar-refractivity contribution in [3.05, 3.63) is 65.7 Å². The van der Waals surface area contributed by atoms with Crippen molar-refractivity contribution in [3.63, 3.8) is 0 Å². The van der Waals surface area contributed by atoms with Crippen LogP contribution in [-0.2, 0) is 16.4 Å². The molecule has 0 aliphatic carbocycles. The average Bonchev–Trinajstić information content (AvgIpc) is 2.46. The number of hydrogen-bond donors (Lipinski definition) is 1. The second kappa shape index (κ2) is 6.54. The lowest BCUT2D eigenvalue weighted by atomic mass is 10.1. The number of anilines is 1. The monoisotopic (exact) mass is 303 g/mol. The van der Waals surface area contributed by atoms with Crippen LogP contribution in [0, 0.1) is 0 Å². The Hall–Kier alpha value is -2.14. The maximum atomic E-state index is 12.1. The van der Waals surface area contributed by atoms with E-state index in [2.05, 4.69) is 4.72 Å². The van der Waals surface area contributed by atoms with Gasteiger partial charge in [-0.15, -0.1) is 0 Å². The molecule has 0 spiro atoms. The van der Waals surface area contributed by atoms with E-state index in [1.54, 1.807) is 24.3 Å². The summed E-state index contributed by atoms with van der Waals surface area (Å²) in [5.41, 5.74) is 1.67. The number of para-hydroxylation sites is 1. The van der Waals surface area contributed by atoms with Crippen molar-refractivity contribution in [1.29, 1.82) is 0 Å². The van der Waals surface area contributed by atoms with E-state index in [4.69, 9.17) is 0 Å². The Morgan fingerprint density at radius 1 is 1.00 bits per heavy atom. The molecule has 0 unspecified atom stereocenters. The first-order valence-corrected chi connectivity index (χ1v) is 8.27. The predicted molar refractivity (Wildman–Crippen MR) is 84.0 cm³/mol. The molecule has 21 heavy (non-hydrogen) atoms. The second-order valence-electron chi connectivity index (χ2n) is 4.76. The maximum absolute atomic E-state index is 12.1. The highest BCUT2D eigenvalue weighted by atomic mass is 32.2. The van der Waals surface area contributed by atoms with Crippen LogP contribution in [0.2, 0.25) is 0 Å². The smallest absolute Gasteiger partial charge is 0.233 e. The summed E-state index contributed by atoms with van der Waals surface area (Å²) in [6.07, 6.45) is 0.429. The molecule has 2 rings (SSSR count). The lowest BCUT2D eigenvalue weighted by molar-refractivity contribution is 0.101. The van der Waals surface area contributed by atoms with Crippen LogP contribution in [0.4, 0.5) is 5.69 Å². The van der Waals surface area contributed by atoms with Crippen molar-refractivity contribution in [1.82, 2.24) is 0 Å². The second-order valence-corrected chi connectivity index (χ2v) is 6.60. The average molecular weight is 303 g/mol. The number of ketones is 1. The largest absolute Gasteiger partial charge is 0.294 e. The van der Waals surface area contributed by atoms with Gasteiger partial charge < -0.3 is 0 Å². The molecule has 2 aromatic carbocycles. The minimum absolute atomic E-state index is 0.0246. The van der Waals surface area contributed by atoms with Crippen LogP contribution in [0.1, 0.15) is 22.8 Å². The number of carbonyl (C=O) groups excluding carboxylic acids is 1. The molecule has 0 atom stereocenters. The molecule has 1 N–H and O–H groups in total. The molecule has 0 radical (unpaired) electrons. The molecule has 5 heteroatoms. The van der Waals surface area contributed by atoms with E-state index in [-0.39, 0.29) is 11.5 Å². The van der Waals surface area contributed by atoms with Crippen LogP contribution in [0.5, 0.6) is 0 Å². The summed E-state index contributed by atoms with van der Waals surface area (Å²) in [5.74, 6) is -0.195. The fraction of sp³-hybridized carbons (Fsp3) is 0.188. The minimum Gasteiger partial charge on any atom is -0.294 e. The minimum atomic E-state index is -3.49. The Morgan fingerprint density at radius 2 is 1.62 bits per heavy atom. The van der Waals surface area contributed by atoms with Crippen LogP contribution in [-0.4, -0.2) is 20.0 Å². The molecule has 0 aliphatic heterocycles. The van der Waals surface area contributed by atoms with Crippen molar-refractivity contribution in [2.24, 2.45) is 0 Å². The van der Waals surface area contributed by atoms with Gasteiger partial charge in [0, 0.05) is 5.56 Å². The Bertz CT molecular complexity index is 724. The van der Waals surface area contributed by atoms with E-state index in [1.165, 1.54) is 6.92 Å². The van der Waals surface area contributed by atoms with E-state index in [1.807, 2.05) is 30.3 Å². The molecule has 4 nitrogen and oxygen atoms in total. The van der Waals surface area contributed by atoms with Gasteiger partial charge in [-0.3, -0.25) is 9.52 Å². The highest BCUT2D eigenvalue weighted by molar-refractivity contribution is 7.92. The molecule has 0 fully saturated rings. The zero-order valence-corrected chi connectivity index (χ0v) is 12.6. The number of Topliss-reactive ketones (excluding diaryl/α,β-unsaturated/α-hetero) is 1. The zero-order valence-electron chi connectivity index (χ0n) is 11.7. The van der Waals surface area contributed by atoms with Gasteiger partial charge in [-0.1, -0.05) is 42.5 Å². The van der Waals surface area contributed by atoms with Crippen molar-refractivity contribution < 1.29 is 13.2 Å². The van der Waals surface area contributed by atoms with Crippen molar-refractivity contribution in [3.8, 4) is 0 Å². The topological polar surface area (TPSA) is 63.2 Å². The van der Waals surface area contributed by atoms with Gasteiger partial charge in [0.2, 0.25) is 10.0 Å². The van der Waals surface area contributed by atoms with E-state index >= 15 is 0 Å². The normalized spacial score (nSPS) is 11.1. The Balaban J connectivity index is 2.10. The molecule has 0 aromatic heterocycles. The number of rotatable bonds is 6. The van der Waals surface area contributed by atoms with Gasteiger partial charge in [-0.05, 0) is 31.0 Å². The third kappa shape index (κ3) is 4.43. The molecule has 110 valence electrons. The zero-order chi connectivity index (χ0) is 15.3. The van der Waals surface area contributed by atoms with Gasteiger partial charge >= 0.3 is 0 Å². The van der Waals surface area contributed by atoms with E-state index in [9.17, 15) is 13.2 Å². The molecule has 0 bridgehead atoms. The molecule has 0 amide bonds. The summed E-state index contributed by atoms with van der Waals surface area (Å²) in [6.45, 7) is 1.41. The molecule has 0 saturated carbocycles. The van der Waals surface area contributed by atoms with Crippen LogP contribution in [0.15, 0.2) is 54.6 Å². The summed E-state index contributed by atoms with van der Waals surface area (Å²) in [5, 5.41) is 0. The van der Waals surface area contributed by atoms with E-state index in [0.717, 1.165) is 5.56 Å². The molecule has 0 heterocycles. The predicted octanol–water partition coefficient (Wildman–Crippen LogP) is 2.87. The van der Waals surface area contributed by atoms with E-state index in [0.29, 0.717) is 17.7 Å². The fourth-order valence-corrected chi connectivity index (χ4v) is 3.11. The SMILES string of the molecule is CC(=O)c1ccccc1NS(=O)(=O)CCc1ccccc1.